The van der Waals surface area contributed by atoms with E-state index >= 15 is 0 Å². The molecule has 0 radical (unpaired) electrons. The van der Waals surface area contributed by atoms with E-state index in [0.717, 1.165) is 24.0 Å². The number of aromatic nitrogens is 2. The van der Waals surface area contributed by atoms with Crippen LogP contribution in [-0.4, -0.2) is 15.9 Å². The van der Waals surface area contributed by atoms with E-state index in [1.165, 1.54) is 12.1 Å². The number of halogens is 3. The highest BCUT2D eigenvalue weighted by atomic mass is 19.4. The van der Waals surface area contributed by atoms with E-state index in [9.17, 15) is 18.0 Å². The zero-order chi connectivity index (χ0) is 18.0. The minimum atomic E-state index is -4.42. The van der Waals surface area contributed by atoms with Crippen LogP contribution in [-0.2, 0) is 6.18 Å². The largest absolute Gasteiger partial charge is 0.444 e. The minimum absolute atomic E-state index is 0.00253. The van der Waals surface area contributed by atoms with Crippen LogP contribution in [0.3, 0.4) is 0 Å². The Morgan fingerprint density at radius 1 is 1.12 bits per heavy atom. The van der Waals surface area contributed by atoms with Crippen molar-refractivity contribution in [3.63, 3.8) is 0 Å². The van der Waals surface area contributed by atoms with Gasteiger partial charge in [0.05, 0.1) is 5.56 Å². The lowest BCUT2D eigenvalue weighted by Crippen LogP contribution is -2.13. The van der Waals surface area contributed by atoms with Gasteiger partial charge in [-0.3, -0.25) is 4.79 Å². The van der Waals surface area contributed by atoms with Crippen LogP contribution in [0.5, 0.6) is 0 Å². The van der Waals surface area contributed by atoms with Crippen molar-refractivity contribution in [2.45, 2.75) is 13.1 Å². The molecular formula is C17H12F3N3O2. The van der Waals surface area contributed by atoms with Crippen molar-refractivity contribution in [2.24, 2.45) is 0 Å². The summed E-state index contributed by atoms with van der Waals surface area (Å²) in [6.07, 6.45) is -1.68. The number of carbonyl (C=O) groups is 1. The highest BCUT2D eigenvalue weighted by Crippen LogP contribution is 2.30. The number of amides is 1. The van der Waals surface area contributed by atoms with E-state index < -0.39 is 17.6 Å². The smallest absolute Gasteiger partial charge is 0.416 e. The van der Waals surface area contributed by atoms with Gasteiger partial charge in [0, 0.05) is 11.8 Å². The lowest BCUT2D eigenvalue weighted by Gasteiger charge is -2.06. The number of oxazole rings is 1. The molecule has 3 rings (SSSR count). The van der Waals surface area contributed by atoms with Crippen LogP contribution in [0, 0.1) is 6.92 Å². The number of alkyl halides is 3. The zero-order valence-electron chi connectivity index (χ0n) is 13.0. The lowest BCUT2D eigenvalue weighted by atomic mass is 10.1. The first-order valence-corrected chi connectivity index (χ1v) is 7.20. The molecule has 0 aliphatic heterocycles. The first-order valence-electron chi connectivity index (χ1n) is 7.20. The van der Waals surface area contributed by atoms with Crippen LogP contribution in [0.4, 0.5) is 19.0 Å². The highest BCUT2D eigenvalue weighted by Gasteiger charge is 2.30. The van der Waals surface area contributed by atoms with Crippen molar-refractivity contribution in [1.29, 1.82) is 0 Å². The maximum absolute atomic E-state index is 12.6. The SMILES string of the molecule is Cc1ccc(NC(=O)c2coc(-c3ccc(C(F)(F)F)cc3)n2)nc1. The molecule has 2 heterocycles. The normalized spacial score (nSPS) is 11.4. The molecule has 8 heteroatoms. The van der Waals surface area contributed by atoms with Crippen molar-refractivity contribution < 1.29 is 22.4 Å². The number of benzene rings is 1. The molecule has 0 aliphatic carbocycles. The van der Waals surface area contributed by atoms with Gasteiger partial charge in [-0.1, -0.05) is 6.07 Å². The zero-order valence-corrected chi connectivity index (χ0v) is 13.0. The molecule has 1 N–H and O–H groups in total. The number of hydrogen-bond acceptors (Lipinski definition) is 4. The third kappa shape index (κ3) is 3.85. The molecule has 2 aromatic heterocycles. The number of hydrogen-bond donors (Lipinski definition) is 1. The van der Waals surface area contributed by atoms with Crippen LogP contribution >= 0.6 is 0 Å². The third-order valence-electron chi connectivity index (χ3n) is 3.35. The number of nitrogens with zero attached hydrogens (tertiary/aromatic N) is 2. The van der Waals surface area contributed by atoms with E-state index in [1.54, 1.807) is 18.3 Å². The van der Waals surface area contributed by atoms with Gasteiger partial charge >= 0.3 is 6.18 Å². The van der Waals surface area contributed by atoms with Gasteiger partial charge < -0.3 is 9.73 Å². The standard InChI is InChI=1S/C17H12F3N3O2/c1-10-2-7-14(21-8-10)23-15(24)13-9-25-16(22-13)11-3-5-12(6-4-11)17(18,19)20/h2-9H,1H3,(H,21,23,24). The molecule has 1 amide bonds. The van der Waals surface area contributed by atoms with Gasteiger partial charge in [0.2, 0.25) is 5.89 Å². The van der Waals surface area contributed by atoms with Crippen LogP contribution in [0.1, 0.15) is 21.6 Å². The van der Waals surface area contributed by atoms with Crippen molar-refractivity contribution in [3.05, 3.63) is 65.7 Å². The third-order valence-corrected chi connectivity index (χ3v) is 3.35. The molecule has 128 valence electrons. The number of nitrogens with one attached hydrogen (secondary N) is 1. The molecule has 0 saturated carbocycles. The molecule has 1 aromatic carbocycles. The fourth-order valence-electron chi connectivity index (χ4n) is 2.03. The van der Waals surface area contributed by atoms with Crippen LogP contribution in [0.2, 0.25) is 0 Å². The average Bonchev–Trinajstić information content (AvgIpc) is 3.06. The van der Waals surface area contributed by atoms with Gasteiger partial charge in [-0.25, -0.2) is 9.97 Å². The van der Waals surface area contributed by atoms with E-state index in [-0.39, 0.29) is 11.6 Å². The molecule has 25 heavy (non-hydrogen) atoms. The molecule has 0 bridgehead atoms. The fourth-order valence-corrected chi connectivity index (χ4v) is 2.03. The van der Waals surface area contributed by atoms with Gasteiger partial charge in [0.15, 0.2) is 5.69 Å². The Bertz CT molecular complexity index is 885. The Labute approximate surface area is 140 Å². The van der Waals surface area contributed by atoms with Gasteiger partial charge in [-0.05, 0) is 42.8 Å². The Hall–Kier alpha value is -3.16. The molecule has 0 spiro atoms. The monoisotopic (exact) mass is 347 g/mol. The second-order valence-corrected chi connectivity index (χ2v) is 5.29. The molecule has 0 aliphatic rings. The molecule has 5 nitrogen and oxygen atoms in total. The number of carbonyl (C=O) groups excluding carboxylic acids is 1. The Balaban J connectivity index is 1.75. The Kier molecular flexibility index (Phi) is 4.26. The van der Waals surface area contributed by atoms with Crippen molar-refractivity contribution >= 4 is 11.7 Å². The Morgan fingerprint density at radius 2 is 1.84 bits per heavy atom. The topological polar surface area (TPSA) is 68.0 Å². The molecule has 0 atom stereocenters. The van der Waals surface area contributed by atoms with Crippen LogP contribution < -0.4 is 5.32 Å². The summed E-state index contributed by atoms with van der Waals surface area (Å²) in [5.41, 5.74) is 0.507. The second kappa shape index (κ2) is 6.39. The van der Waals surface area contributed by atoms with E-state index in [1.807, 2.05) is 6.92 Å². The summed E-state index contributed by atoms with van der Waals surface area (Å²) in [5, 5.41) is 2.56. The fraction of sp³-hybridized carbons (Fsp3) is 0.118. The summed E-state index contributed by atoms with van der Waals surface area (Å²) < 4.78 is 42.9. The predicted octanol–water partition coefficient (Wildman–Crippen LogP) is 4.32. The van der Waals surface area contributed by atoms with Gasteiger partial charge in [0.25, 0.3) is 5.91 Å². The highest BCUT2D eigenvalue weighted by molar-refractivity contribution is 6.02. The maximum atomic E-state index is 12.6. The molecule has 0 saturated heterocycles. The van der Waals surface area contributed by atoms with Gasteiger partial charge in [-0.2, -0.15) is 13.2 Å². The van der Waals surface area contributed by atoms with Crippen LogP contribution in [0.15, 0.2) is 53.3 Å². The van der Waals surface area contributed by atoms with Crippen LogP contribution in [0.25, 0.3) is 11.5 Å². The summed E-state index contributed by atoms with van der Waals surface area (Å²) >= 11 is 0. The maximum Gasteiger partial charge on any atom is 0.416 e. The van der Waals surface area contributed by atoms with E-state index in [4.69, 9.17) is 4.42 Å². The number of pyridine rings is 1. The van der Waals surface area contributed by atoms with Crippen molar-refractivity contribution in [2.75, 3.05) is 5.32 Å². The summed E-state index contributed by atoms with van der Waals surface area (Å²) in [6, 6.07) is 7.75. The molecule has 0 fully saturated rings. The first kappa shape index (κ1) is 16.7. The Morgan fingerprint density at radius 3 is 2.44 bits per heavy atom. The van der Waals surface area contributed by atoms with Gasteiger partial charge in [0.1, 0.15) is 12.1 Å². The number of aryl methyl sites for hydroxylation is 1. The average molecular weight is 347 g/mol. The number of anilines is 1. The number of rotatable bonds is 3. The minimum Gasteiger partial charge on any atom is -0.444 e. The lowest BCUT2D eigenvalue weighted by molar-refractivity contribution is -0.137. The van der Waals surface area contributed by atoms with Crippen molar-refractivity contribution in [1.82, 2.24) is 9.97 Å². The molecule has 0 unspecified atom stereocenters. The molecular weight excluding hydrogens is 335 g/mol. The first-order chi connectivity index (χ1) is 11.8. The second-order valence-electron chi connectivity index (χ2n) is 5.29. The predicted molar refractivity (Wildman–Crippen MR) is 83.9 cm³/mol. The molecule has 3 aromatic rings. The summed E-state index contributed by atoms with van der Waals surface area (Å²) in [7, 11) is 0. The quantitative estimate of drug-likeness (QED) is 0.766. The van der Waals surface area contributed by atoms with E-state index in [2.05, 4.69) is 15.3 Å². The summed E-state index contributed by atoms with van der Waals surface area (Å²) in [5.74, 6) is -0.122. The van der Waals surface area contributed by atoms with E-state index in [0.29, 0.717) is 11.4 Å². The van der Waals surface area contributed by atoms with Gasteiger partial charge in [-0.15, -0.1) is 0 Å². The van der Waals surface area contributed by atoms with Crippen molar-refractivity contribution in [3.8, 4) is 11.5 Å². The summed E-state index contributed by atoms with van der Waals surface area (Å²) in [4.78, 5) is 20.1. The summed E-state index contributed by atoms with van der Waals surface area (Å²) in [6.45, 7) is 1.87.